The van der Waals surface area contributed by atoms with Crippen molar-refractivity contribution >= 4 is 5.97 Å². The zero-order chi connectivity index (χ0) is 15.4. The highest BCUT2D eigenvalue weighted by Gasteiger charge is 2.72. The van der Waals surface area contributed by atoms with Crippen LogP contribution in [-0.2, 0) is 10.3 Å². The molecular weight excluding hydrogens is 276 g/mol. The van der Waals surface area contributed by atoms with E-state index >= 15 is 0 Å². The van der Waals surface area contributed by atoms with Gasteiger partial charge in [0, 0.05) is 5.41 Å². The maximum atomic E-state index is 11.6. The van der Waals surface area contributed by atoms with E-state index < -0.39 is 5.60 Å². The molecule has 1 spiro atoms. The Hall–Kier alpha value is -1.35. The van der Waals surface area contributed by atoms with Gasteiger partial charge in [0.25, 0.3) is 0 Å². The second-order valence-corrected chi connectivity index (χ2v) is 7.34. The van der Waals surface area contributed by atoms with Crippen LogP contribution in [0.25, 0.3) is 0 Å². The SMILES string of the molecule is COC(=O)c1ccc([C@]2(O)[C@@H]3CCC[C@]24CCCC[C@@H]34)cc1. The van der Waals surface area contributed by atoms with Crippen molar-refractivity contribution in [3.8, 4) is 0 Å². The Balaban J connectivity index is 1.70. The van der Waals surface area contributed by atoms with Gasteiger partial charge < -0.3 is 9.84 Å². The number of hydrogen-bond acceptors (Lipinski definition) is 3. The van der Waals surface area contributed by atoms with Crippen molar-refractivity contribution in [2.45, 2.75) is 50.5 Å². The zero-order valence-corrected chi connectivity index (χ0v) is 13.2. The Bertz CT molecular complexity index is 587. The molecule has 22 heavy (non-hydrogen) atoms. The second kappa shape index (κ2) is 4.82. The summed E-state index contributed by atoms with van der Waals surface area (Å²) < 4.78 is 4.76. The second-order valence-electron chi connectivity index (χ2n) is 7.34. The summed E-state index contributed by atoms with van der Waals surface area (Å²) in [7, 11) is 1.39. The molecule has 1 N–H and O–H groups in total. The molecule has 3 aliphatic rings. The van der Waals surface area contributed by atoms with Gasteiger partial charge in [0.15, 0.2) is 0 Å². The van der Waals surface area contributed by atoms with Crippen molar-refractivity contribution in [3.05, 3.63) is 35.4 Å². The van der Waals surface area contributed by atoms with Crippen LogP contribution < -0.4 is 0 Å². The van der Waals surface area contributed by atoms with Crippen LogP contribution in [0.15, 0.2) is 24.3 Å². The third-order valence-electron chi connectivity index (χ3n) is 6.76. The fourth-order valence-corrected chi connectivity index (χ4v) is 5.92. The van der Waals surface area contributed by atoms with E-state index in [2.05, 4.69) is 0 Å². The molecule has 0 heterocycles. The fraction of sp³-hybridized carbons (Fsp3) is 0.632. The minimum absolute atomic E-state index is 0.0982. The van der Waals surface area contributed by atoms with Gasteiger partial charge in [-0.15, -0.1) is 0 Å². The lowest BCUT2D eigenvalue weighted by molar-refractivity contribution is -0.312. The normalized spacial score (nSPS) is 39.5. The number of ether oxygens (including phenoxy) is 1. The molecule has 0 aromatic heterocycles. The lowest BCUT2D eigenvalue weighted by Crippen LogP contribution is -2.71. The Morgan fingerprint density at radius 1 is 1.09 bits per heavy atom. The van der Waals surface area contributed by atoms with Crippen LogP contribution in [0.3, 0.4) is 0 Å². The molecule has 3 saturated carbocycles. The van der Waals surface area contributed by atoms with Crippen LogP contribution in [0.5, 0.6) is 0 Å². The van der Waals surface area contributed by atoms with Crippen molar-refractivity contribution in [1.82, 2.24) is 0 Å². The third-order valence-corrected chi connectivity index (χ3v) is 6.76. The molecule has 4 rings (SSSR count). The smallest absolute Gasteiger partial charge is 0.337 e. The molecule has 0 aliphatic heterocycles. The summed E-state index contributed by atoms with van der Waals surface area (Å²) in [6.45, 7) is 0. The van der Waals surface area contributed by atoms with Crippen LogP contribution >= 0.6 is 0 Å². The van der Waals surface area contributed by atoms with Crippen LogP contribution in [0.1, 0.15) is 60.9 Å². The van der Waals surface area contributed by atoms with E-state index in [4.69, 9.17) is 4.74 Å². The van der Waals surface area contributed by atoms with Gasteiger partial charge >= 0.3 is 5.97 Å². The first-order chi connectivity index (χ1) is 10.6. The van der Waals surface area contributed by atoms with Gasteiger partial charge in [-0.25, -0.2) is 4.79 Å². The molecule has 0 amide bonds. The van der Waals surface area contributed by atoms with Gasteiger partial charge in [-0.3, -0.25) is 0 Å². The van der Waals surface area contributed by atoms with Crippen molar-refractivity contribution in [2.75, 3.05) is 7.11 Å². The molecule has 4 atom stereocenters. The maximum Gasteiger partial charge on any atom is 0.337 e. The molecule has 2 bridgehead atoms. The quantitative estimate of drug-likeness (QED) is 0.848. The van der Waals surface area contributed by atoms with E-state index in [9.17, 15) is 9.90 Å². The van der Waals surface area contributed by atoms with Crippen LogP contribution in [-0.4, -0.2) is 18.2 Å². The molecule has 1 aromatic rings. The van der Waals surface area contributed by atoms with Crippen LogP contribution in [0, 0.1) is 17.3 Å². The summed E-state index contributed by atoms with van der Waals surface area (Å²) in [6, 6.07) is 7.47. The Labute approximate surface area is 131 Å². The van der Waals surface area contributed by atoms with Crippen molar-refractivity contribution in [3.63, 3.8) is 0 Å². The molecule has 3 aliphatic carbocycles. The number of aliphatic hydroxyl groups is 1. The van der Waals surface area contributed by atoms with E-state index in [0.29, 0.717) is 17.4 Å². The topological polar surface area (TPSA) is 46.5 Å². The maximum absolute atomic E-state index is 11.6. The van der Waals surface area contributed by atoms with Gasteiger partial charge in [-0.1, -0.05) is 31.4 Å². The number of rotatable bonds is 2. The van der Waals surface area contributed by atoms with Crippen LogP contribution in [0.2, 0.25) is 0 Å². The molecule has 0 unspecified atom stereocenters. The van der Waals surface area contributed by atoms with Crippen molar-refractivity contribution in [1.29, 1.82) is 0 Å². The predicted octanol–water partition coefficient (Wildman–Crippen LogP) is 3.65. The first-order valence-corrected chi connectivity index (χ1v) is 8.55. The standard InChI is InChI=1S/C19H24O3/c1-22-17(20)13-7-9-14(10-8-13)19(21)16-6-4-12-18(19)11-3-2-5-15(16)18/h7-10,15-16,21H,2-6,11-12H2,1H3/t15-,16+,18-,19-/m0/s1. The first-order valence-electron chi connectivity index (χ1n) is 8.55. The minimum atomic E-state index is -0.676. The number of methoxy groups -OCH3 is 1. The highest BCUT2D eigenvalue weighted by Crippen LogP contribution is 2.74. The van der Waals surface area contributed by atoms with Crippen molar-refractivity contribution < 1.29 is 14.6 Å². The summed E-state index contributed by atoms with van der Waals surface area (Å²) in [4.78, 5) is 11.6. The Morgan fingerprint density at radius 3 is 2.50 bits per heavy atom. The van der Waals surface area contributed by atoms with Gasteiger partial charge in [0.05, 0.1) is 18.3 Å². The number of carbonyl (C=O) groups excluding carboxylic acids is 1. The zero-order valence-electron chi connectivity index (χ0n) is 13.2. The van der Waals surface area contributed by atoms with Crippen molar-refractivity contribution in [2.24, 2.45) is 17.3 Å². The lowest BCUT2D eigenvalue weighted by atomic mass is 9.34. The highest BCUT2D eigenvalue weighted by atomic mass is 16.5. The lowest BCUT2D eigenvalue weighted by Gasteiger charge is -2.72. The number of benzene rings is 1. The van der Waals surface area contributed by atoms with E-state index in [1.807, 2.05) is 12.1 Å². The number of hydrogen-bond donors (Lipinski definition) is 1. The molecule has 0 saturated heterocycles. The molecular formula is C19H24O3. The largest absolute Gasteiger partial charge is 0.465 e. The molecule has 3 nitrogen and oxygen atoms in total. The number of fused-ring (bicyclic) bond motifs is 2. The fourth-order valence-electron chi connectivity index (χ4n) is 5.92. The monoisotopic (exact) mass is 300 g/mol. The molecule has 118 valence electrons. The highest BCUT2D eigenvalue weighted by molar-refractivity contribution is 5.89. The van der Waals surface area contributed by atoms with Gasteiger partial charge in [-0.05, 0) is 55.2 Å². The van der Waals surface area contributed by atoms with Gasteiger partial charge in [0.2, 0.25) is 0 Å². The predicted molar refractivity (Wildman–Crippen MR) is 83.4 cm³/mol. The number of carbonyl (C=O) groups is 1. The Kier molecular flexibility index (Phi) is 3.12. The molecule has 3 fully saturated rings. The minimum Gasteiger partial charge on any atom is -0.465 e. The summed E-state index contributed by atoms with van der Waals surface area (Å²) in [5.41, 5.74) is 0.978. The molecule has 3 heteroatoms. The van der Waals surface area contributed by atoms with E-state index in [1.165, 1.54) is 32.8 Å². The summed E-state index contributed by atoms with van der Waals surface area (Å²) in [5, 5.41) is 11.6. The van der Waals surface area contributed by atoms with Gasteiger partial charge in [-0.2, -0.15) is 0 Å². The van der Waals surface area contributed by atoms with Crippen LogP contribution in [0.4, 0.5) is 0 Å². The van der Waals surface area contributed by atoms with E-state index in [-0.39, 0.29) is 11.4 Å². The summed E-state index contributed by atoms with van der Waals surface area (Å²) in [6.07, 6.45) is 8.55. The average molecular weight is 300 g/mol. The Morgan fingerprint density at radius 2 is 1.77 bits per heavy atom. The van der Waals surface area contributed by atoms with E-state index in [0.717, 1.165) is 24.8 Å². The van der Waals surface area contributed by atoms with Gasteiger partial charge in [0.1, 0.15) is 0 Å². The number of esters is 1. The average Bonchev–Trinajstić information content (AvgIpc) is 2.59. The summed E-state index contributed by atoms with van der Waals surface area (Å²) >= 11 is 0. The van der Waals surface area contributed by atoms with E-state index in [1.54, 1.807) is 12.1 Å². The summed E-state index contributed by atoms with van der Waals surface area (Å²) in [5.74, 6) is 0.798. The molecule has 0 radical (unpaired) electrons. The molecule has 1 aromatic carbocycles. The first kappa shape index (κ1) is 14.3. The third kappa shape index (κ3) is 1.58.